The maximum Gasteiger partial charge on any atom is 0.293 e. The van der Waals surface area contributed by atoms with Gasteiger partial charge in [-0.1, -0.05) is 6.07 Å². The highest BCUT2D eigenvalue weighted by Crippen LogP contribution is 2.30. The van der Waals surface area contributed by atoms with Crippen LogP contribution in [0.1, 0.15) is 24.8 Å². The highest BCUT2D eigenvalue weighted by atomic mass is 16.6. The van der Waals surface area contributed by atoms with Crippen LogP contribution in [0.5, 0.6) is 0 Å². The van der Waals surface area contributed by atoms with Crippen molar-refractivity contribution in [2.45, 2.75) is 19.3 Å². The summed E-state index contributed by atoms with van der Waals surface area (Å²) in [5.41, 5.74) is 2.48. The SMILES string of the molecule is N#Cc1ccc(Nc2cccc(N3CCCCC3)c2)c([N+](=O)[O-])c1. The van der Waals surface area contributed by atoms with E-state index in [1.165, 1.54) is 25.3 Å². The summed E-state index contributed by atoms with van der Waals surface area (Å²) >= 11 is 0. The Morgan fingerprint density at radius 3 is 2.62 bits per heavy atom. The first kappa shape index (κ1) is 15.8. The molecule has 1 heterocycles. The van der Waals surface area contributed by atoms with Gasteiger partial charge in [-0.3, -0.25) is 10.1 Å². The van der Waals surface area contributed by atoms with Crippen molar-refractivity contribution in [3.05, 3.63) is 58.1 Å². The molecule has 24 heavy (non-hydrogen) atoms. The van der Waals surface area contributed by atoms with Gasteiger partial charge in [0.25, 0.3) is 5.69 Å². The van der Waals surface area contributed by atoms with Gasteiger partial charge in [0.1, 0.15) is 5.69 Å². The van der Waals surface area contributed by atoms with Gasteiger partial charge in [-0.15, -0.1) is 0 Å². The van der Waals surface area contributed by atoms with Gasteiger partial charge in [0.2, 0.25) is 0 Å². The predicted octanol–water partition coefficient (Wildman–Crippen LogP) is 4.20. The lowest BCUT2D eigenvalue weighted by molar-refractivity contribution is -0.383. The van der Waals surface area contributed by atoms with Crippen molar-refractivity contribution in [3.8, 4) is 6.07 Å². The zero-order valence-corrected chi connectivity index (χ0v) is 13.2. The highest BCUT2D eigenvalue weighted by molar-refractivity contribution is 5.72. The number of rotatable bonds is 4. The summed E-state index contributed by atoms with van der Waals surface area (Å²) in [6.07, 6.45) is 3.66. The molecule has 1 N–H and O–H groups in total. The normalized spacial score (nSPS) is 14.0. The summed E-state index contributed by atoms with van der Waals surface area (Å²) in [7, 11) is 0. The minimum absolute atomic E-state index is 0.0996. The Balaban J connectivity index is 1.86. The van der Waals surface area contributed by atoms with Gasteiger partial charge in [0.15, 0.2) is 0 Å². The number of nitro benzene ring substituents is 1. The van der Waals surface area contributed by atoms with Gasteiger partial charge >= 0.3 is 0 Å². The number of hydrogen-bond donors (Lipinski definition) is 1. The van der Waals surface area contributed by atoms with Crippen molar-refractivity contribution in [3.63, 3.8) is 0 Å². The fourth-order valence-corrected chi connectivity index (χ4v) is 2.95. The van der Waals surface area contributed by atoms with E-state index in [0.717, 1.165) is 24.5 Å². The maximum atomic E-state index is 11.2. The van der Waals surface area contributed by atoms with Crippen molar-refractivity contribution in [2.24, 2.45) is 0 Å². The van der Waals surface area contributed by atoms with E-state index in [4.69, 9.17) is 5.26 Å². The molecule has 3 rings (SSSR count). The van der Waals surface area contributed by atoms with Crippen LogP contribution < -0.4 is 10.2 Å². The molecule has 1 aliphatic rings. The summed E-state index contributed by atoms with van der Waals surface area (Å²) in [5, 5.41) is 23.3. The Hall–Kier alpha value is -3.07. The van der Waals surface area contributed by atoms with E-state index in [2.05, 4.69) is 16.3 Å². The molecule has 0 atom stereocenters. The Labute approximate surface area is 140 Å². The van der Waals surface area contributed by atoms with E-state index in [1.54, 1.807) is 12.1 Å². The standard InChI is InChI=1S/C18H18N4O2/c19-13-14-7-8-17(18(11-14)22(23)24)20-15-5-4-6-16(12-15)21-9-2-1-3-10-21/h4-8,11-12,20H,1-3,9-10H2. The van der Waals surface area contributed by atoms with E-state index in [1.807, 2.05) is 24.3 Å². The second-order valence-corrected chi connectivity index (χ2v) is 5.82. The van der Waals surface area contributed by atoms with Crippen LogP contribution in [-0.2, 0) is 0 Å². The molecule has 0 amide bonds. The average molecular weight is 322 g/mol. The molecule has 0 aliphatic carbocycles. The summed E-state index contributed by atoms with van der Waals surface area (Å²) < 4.78 is 0. The summed E-state index contributed by atoms with van der Waals surface area (Å²) in [4.78, 5) is 13.1. The van der Waals surface area contributed by atoms with Crippen molar-refractivity contribution in [1.82, 2.24) is 0 Å². The van der Waals surface area contributed by atoms with Crippen LogP contribution in [0.4, 0.5) is 22.7 Å². The Morgan fingerprint density at radius 2 is 1.92 bits per heavy atom. The molecule has 1 saturated heterocycles. The zero-order chi connectivity index (χ0) is 16.9. The molecule has 0 aromatic heterocycles. The molecule has 6 heteroatoms. The van der Waals surface area contributed by atoms with Gasteiger partial charge in [-0.05, 0) is 49.6 Å². The molecule has 6 nitrogen and oxygen atoms in total. The number of hydrogen-bond acceptors (Lipinski definition) is 5. The fraction of sp³-hybridized carbons (Fsp3) is 0.278. The Kier molecular flexibility index (Phi) is 4.62. The molecule has 1 fully saturated rings. The molecule has 2 aromatic carbocycles. The number of nitrogens with one attached hydrogen (secondary N) is 1. The first-order chi connectivity index (χ1) is 11.7. The zero-order valence-electron chi connectivity index (χ0n) is 13.2. The Morgan fingerprint density at radius 1 is 1.12 bits per heavy atom. The third-order valence-corrected chi connectivity index (χ3v) is 4.17. The topological polar surface area (TPSA) is 82.2 Å². The van der Waals surface area contributed by atoms with Gasteiger partial charge in [-0.2, -0.15) is 5.26 Å². The largest absolute Gasteiger partial charge is 0.371 e. The van der Waals surface area contributed by atoms with E-state index < -0.39 is 4.92 Å². The molecule has 0 spiro atoms. The third kappa shape index (κ3) is 3.46. The first-order valence-corrected chi connectivity index (χ1v) is 7.98. The molecular formula is C18H18N4O2. The van der Waals surface area contributed by atoms with Crippen molar-refractivity contribution >= 4 is 22.7 Å². The van der Waals surface area contributed by atoms with Crippen molar-refractivity contribution in [2.75, 3.05) is 23.3 Å². The molecule has 122 valence electrons. The summed E-state index contributed by atoms with van der Waals surface area (Å²) in [6, 6.07) is 14.3. The van der Waals surface area contributed by atoms with Crippen molar-refractivity contribution < 1.29 is 4.92 Å². The van der Waals surface area contributed by atoms with E-state index in [9.17, 15) is 10.1 Å². The number of benzene rings is 2. The highest BCUT2D eigenvalue weighted by Gasteiger charge is 2.16. The van der Waals surface area contributed by atoms with Crippen LogP contribution >= 0.6 is 0 Å². The van der Waals surface area contributed by atoms with Crippen LogP contribution in [0.25, 0.3) is 0 Å². The number of anilines is 3. The van der Waals surface area contributed by atoms with E-state index >= 15 is 0 Å². The lowest BCUT2D eigenvalue weighted by Crippen LogP contribution is -2.29. The summed E-state index contributed by atoms with van der Waals surface area (Å²) in [5.74, 6) is 0. The number of piperidine rings is 1. The van der Waals surface area contributed by atoms with E-state index in [-0.39, 0.29) is 11.3 Å². The molecule has 0 radical (unpaired) electrons. The van der Waals surface area contributed by atoms with Crippen LogP contribution in [0.15, 0.2) is 42.5 Å². The number of nitrogens with zero attached hydrogens (tertiary/aromatic N) is 3. The van der Waals surface area contributed by atoms with Crippen LogP contribution in [0, 0.1) is 21.4 Å². The second-order valence-electron chi connectivity index (χ2n) is 5.82. The average Bonchev–Trinajstić information content (AvgIpc) is 2.63. The minimum atomic E-state index is -0.475. The molecule has 0 saturated carbocycles. The molecule has 0 unspecified atom stereocenters. The molecule has 2 aromatic rings. The Bertz CT molecular complexity index is 792. The predicted molar refractivity (Wildman–Crippen MR) is 93.6 cm³/mol. The number of nitro groups is 1. The maximum absolute atomic E-state index is 11.2. The van der Waals surface area contributed by atoms with Crippen molar-refractivity contribution in [1.29, 1.82) is 5.26 Å². The molecular weight excluding hydrogens is 304 g/mol. The van der Waals surface area contributed by atoms with Crippen LogP contribution in [-0.4, -0.2) is 18.0 Å². The number of nitriles is 1. The first-order valence-electron chi connectivity index (χ1n) is 7.98. The van der Waals surface area contributed by atoms with Gasteiger partial charge in [-0.25, -0.2) is 0 Å². The van der Waals surface area contributed by atoms with Crippen LogP contribution in [0.2, 0.25) is 0 Å². The second kappa shape index (κ2) is 7.01. The smallest absolute Gasteiger partial charge is 0.293 e. The lowest BCUT2D eigenvalue weighted by atomic mass is 10.1. The third-order valence-electron chi connectivity index (χ3n) is 4.17. The molecule has 0 bridgehead atoms. The summed E-state index contributed by atoms with van der Waals surface area (Å²) in [6.45, 7) is 2.08. The lowest BCUT2D eigenvalue weighted by Gasteiger charge is -2.29. The van der Waals surface area contributed by atoms with Gasteiger partial charge in [0, 0.05) is 30.5 Å². The van der Waals surface area contributed by atoms with E-state index in [0.29, 0.717) is 5.69 Å². The molecule has 1 aliphatic heterocycles. The quantitative estimate of drug-likeness (QED) is 0.674. The van der Waals surface area contributed by atoms with Gasteiger partial charge < -0.3 is 10.2 Å². The fourth-order valence-electron chi connectivity index (χ4n) is 2.95. The minimum Gasteiger partial charge on any atom is -0.371 e. The van der Waals surface area contributed by atoms with Gasteiger partial charge in [0.05, 0.1) is 16.6 Å². The van der Waals surface area contributed by atoms with Crippen LogP contribution in [0.3, 0.4) is 0 Å². The monoisotopic (exact) mass is 322 g/mol.